The number of nitrogens with two attached hydrogens (primary N) is 2. The number of benzene rings is 2. The molecule has 0 aliphatic carbocycles. The molecule has 0 bridgehead atoms. The Balaban J connectivity index is -0.000000162. The van der Waals surface area contributed by atoms with Crippen molar-refractivity contribution in [2.75, 3.05) is 277 Å². The highest BCUT2D eigenvalue weighted by molar-refractivity contribution is 5.45. The maximum atomic E-state index is 5.13. The van der Waals surface area contributed by atoms with Crippen molar-refractivity contribution in [1.82, 2.24) is 65.6 Å². The molecule has 0 radical (unpaired) electrons. The predicted octanol–water partition coefficient (Wildman–Crippen LogP) is 11.3. The zero-order chi connectivity index (χ0) is 82.2. The van der Waals surface area contributed by atoms with E-state index < -0.39 is 0 Å². The van der Waals surface area contributed by atoms with E-state index in [0.717, 1.165) is 93.2 Å². The second-order valence-electron chi connectivity index (χ2n) is 23.0. The first-order chi connectivity index (χ1) is 50.7. The highest BCUT2D eigenvalue weighted by atomic mass is 16.7. The van der Waals surface area contributed by atoms with Gasteiger partial charge in [0.1, 0.15) is 11.6 Å². The molecule has 0 saturated heterocycles. The van der Waals surface area contributed by atoms with Gasteiger partial charge in [0.25, 0.3) is 0 Å². The van der Waals surface area contributed by atoms with Gasteiger partial charge in [-0.1, -0.05) is 76.2 Å². The number of hydrogen-bond acceptors (Lipinski definition) is 25. The molecular weight excluding hydrogens is 1330 g/mol. The number of nitrogens with one attached hydrogen (secondary N) is 7. The van der Waals surface area contributed by atoms with Crippen molar-refractivity contribution < 1.29 is 9.57 Å². The molecule has 0 saturated carbocycles. The fourth-order valence-corrected chi connectivity index (χ4v) is 5.35. The Morgan fingerprint density at radius 2 is 0.764 bits per heavy atom. The SMILES string of the molecule is CCN(C)C.CCN(C)CC.CCNC.CN(C)C.CN(C)c1ccccc1.CN(C)c1ccccn1.CN(C)c1cccnc1.CN(C)c1ccncc1.CNC.CNCCN.CNc1ccccc1.CNc1ccccn1.CNc1cccnc1.CNc1ccncc1.COCCCN.CON(C)C. The molecule has 8 rings (SSSR count). The lowest BCUT2D eigenvalue weighted by Crippen LogP contribution is -2.17. The molecule has 0 spiro atoms. The van der Waals surface area contributed by atoms with Gasteiger partial charge in [-0.05, 0) is 207 Å². The smallest absolute Gasteiger partial charge is 0.127 e. The standard InChI is InChI=1S/C8H11N.3C7H10N2.C7H9N.3C6H8N2.C5H13N.C4H11NO.C4H11N.C3H10N2.C3H9NO.2C3H9N.C2H7N/c1-9(2)8-6-4-3-5-7-8;1-9(2)7-3-5-8-6-4-7;1-9(2)7-4-3-5-8-6-7;1-9(2)7-5-3-4-6-8-7;1-8-7-5-3-2-4-6-7;1-7-6-2-4-8-5-3-6;1-7-6-3-2-4-8-5-6;1-7-6-4-2-3-5-8-6;1-4-6(3)5-2;1-6-4-2-3-5;1-4-5(2)3;1-5-3-2-4;1-4(2)5-3;1-4(2)3;1-3-4-2;1-3-2/h3-7H,1-2H3;3*3-6H,1-2H3;2-6,8H,1H3;2-5H,1H3,(H,7,8);2-5,7H,1H3;2-5H,1H3,(H,7,8);4-5H2,1-3H3;2-5H2,1H3;4H2,1-3H3;5H,2-4H2,1H3;1-3H3;1-3H3;4H,3H2,1-2H3;3H,1-2H3. The maximum Gasteiger partial charge on any atom is 0.127 e. The van der Waals surface area contributed by atoms with Gasteiger partial charge in [0.05, 0.1) is 24.7 Å². The molecule has 0 unspecified atom stereocenters. The Kier molecular flexibility index (Phi) is 98.6. The van der Waals surface area contributed by atoms with Gasteiger partial charge in [-0.15, -0.1) is 0 Å². The molecule has 0 aliphatic heterocycles. The van der Waals surface area contributed by atoms with Crippen molar-refractivity contribution in [3.05, 3.63) is 208 Å². The van der Waals surface area contributed by atoms with Crippen LogP contribution in [0.3, 0.4) is 0 Å². The van der Waals surface area contributed by atoms with Crippen molar-refractivity contribution in [3.63, 3.8) is 0 Å². The number of pyridine rings is 6. The van der Waals surface area contributed by atoms with Crippen LogP contribution in [-0.4, -0.2) is 285 Å². The molecular formula is C81H153N23O2. The molecule has 25 heteroatoms. The molecule has 604 valence electrons. The van der Waals surface area contributed by atoms with Gasteiger partial charge in [0.15, 0.2) is 0 Å². The average molecular weight is 1480 g/mol. The van der Waals surface area contributed by atoms with Crippen LogP contribution in [0.25, 0.3) is 0 Å². The van der Waals surface area contributed by atoms with Gasteiger partial charge < -0.3 is 92.6 Å². The Morgan fingerprint density at radius 3 is 0.962 bits per heavy atom. The fourth-order valence-electron chi connectivity index (χ4n) is 5.35. The fraction of sp³-hybridized carbons (Fsp3) is 0.481. The van der Waals surface area contributed by atoms with Crippen LogP contribution in [0.15, 0.2) is 208 Å². The average Bonchev–Trinajstić information content (AvgIpc) is 0.968. The van der Waals surface area contributed by atoms with Crippen molar-refractivity contribution in [1.29, 1.82) is 0 Å². The van der Waals surface area contributed by atoms with E-state index in [4.69, 9.17) is 16.2 Å². The Hall–Kier alpha value is -8.70. The number of likely N-dealkylation sites (N-methyl/N-ethyl adjacent to an activating group) is 1. The van der Waals surface area contributed by atoms with E-state index in [-0.39, 0.29) is 0 Å². The lowest BCUT2D eigenvalue weighted by Gasteiger charge is -2.10. The van der Waals surface area contributed by atoms with Crippen LogP contribution in [-0.2, 0) is 9.57 Å². The van der Waals surface area contributed by atoms with Crippen LogP contribution >= 0.6 is 0 Å². The van der Waals surface area contributed by atoms with Gasteiger partial charge in [-0.2, -0.15) is 5.06 Å². The highest BCUT2D eigenvalue weighted by Crippen LogP contribution is 2.09. The molecule has 11 N–H and O–H groups in total. The largest absolute Gasteiger partial charge is 0.388 e. The number of aromatic nitrogens is 6. The number of rotatable bonds is 18. The summed E-state index contributed by atoms with van der Waals surface area (Å²) in [5.74, 6) is 1.91. The summed E-state index contributed by atoms with van der Waals surface area (Å²) >= 11 is 0. The van der Waals surface area contributed by atoms with E-state index in [1.165, 1.54) is 11.4 Å². The molecule has 106 heavy (non-hydrogen) atoms. The third-order valence-corrected chi connectivity index (χ3v) is 12.0. The van der Waals surface area contributed by atoms with Crippen LogP contribution in [0, 0.1) is 0 Å². The normalized spacial score (nSPS) is 8.87. The number of hydroxylamine groups is 2. The topological polar surface area (TPSA) is 258 Å². The molecule has 6 aromatic heterocycles. The summed E-state index contributed by atoms with van der Waals surface area (Å²) in [5.41, 5.74) is 17.1. The molecule has 0 amide bonds. The molecule has 0 fully saturated rings. The minimum atomic E-state index is 0.730. The minimum Gasteiger partial charge on any atom is -0.388 e. The van der Waals surface area contributed by atoms with Gasteiger partial charge >= 0.3 is 0 Å². The summed E-state index contributed by atoms with van der Waals surface area (Å²) < 4.78 is 4.70. The van der Waals surface area contributed by atoms with E-state index >= 15 is 0 Å². The summed E-state index contributed by atoms with van der Waals surface area (Å²) in [6.45, 7) is 16.2. The number of ether oxygens (including phenoxy) is 1. The van der Waals surface area contributed by atoms with E-state index in [0.29, 0.717) is 0 Å². The van der Waals surface area contributed by atoms with Crippen molar-refractivity contribution in [2.45, 2.75) is 34.1 Å². The summed E-state index contributed by atoms with van der Waals surface area (Å²) in [5, 5.41) is 22.1. The Morgan fingerprint density at radius 1 is 0.377 bits per heavy atom. The third-order valence-electron chi connectivity index (χ3n) is 12.0. The van der Waals surface area contributed by atoms with Gasteiger partial charge in [0.2, 0.25) is 0 Å². The molecule has 25 nitrogen and oxygen atoms in total. The van der Waals surface area contributed by atoms with E-state index in [9.17, 15) is 0 Å². The van der Waals surface area contributed by atoms with Crippen molar-refractivity contribution in [3.8, 4) is 0 Å². The highest BCUT2D eigenvalue weighted by Gasteiger charge is 1.92. The molecule has 6 heterocycles. The monoisotopic (exact) mass is 1480 g/mol. The Labute approximate surface area is 647 Å². The number of hydrogen-bond donors (Lipinski definition) is 9. The zero-order valence-corrected chi connectivity index (χ0v) is 71.7. The lowest BCUT2D eigenvalue weighted by molar-refractivity contribution is -0.0855. The van der Waals surface area contributed by atoms with Gasteiger partial charge in [0, 0.05) is 204 Å². The predicted molar refractivity (Wildman–Crippen MR) is 470 cm³/mol. The van der Waals surface area contributed by atoms with Crippen molar-refractivity contribution in [2.24, 2.45) is 11.5 Å². The van der Waals surface area contributed by atoms with Crippen LogP contribution in [0.5, 0.6) is 0 Å². The molecule has 0 atom stereocenters. The Bertz CT molecular complexity index is 2410. The first-order valence-electron chi connectivity index (χ1n) is 35.5. The van der Waals surface area contributed by atoms with E-state index in [1.807, 2.05) is 307 Å². The van der Waals surface area contributed by atoms with Gasteiger partial charge in [-0.25, -0.2) is 9.97 Å². The summed E-state index contributed by atoms with van der Waals surface area (Å²) in [7, 11) is 50.3. The zero-order valence-electron chi connectivity index (χ0n) is 71.7. The second kappa shape index (κ2) is 92.4. The van der Waals surface area contributed by atoms with Crippen LogP contribution in [0.4, 0.5) is 45.8 Å². The van der Waals surface area contributed by atoms with E-state index in [2.05, 4.69) is 148 Å². The molecule has 8 aromatic rings. The molecule has 2 aromatic carbocycles. The number of para-hydroxylation sites is 2. The third kappa shape index (κ3) is 97.4. The summed E-state index contributed by atoms with van der Waals surface area (Å²) in [6, 6.07) is 47.5. The second-order valence-corrected chi connectivity index (χ2v) is 23.0. The van der Waals surface area contributed by atoms with Crippen molar-refractivity contribution >= 4 is 45.8 Å². The first-order valence-corrected chi connectivity index (χ1v) is 35.5. The number of nitrogens with zero attached hydrogens (tertiary/aromatic N) is 14. The molecule has 0 aliphatic rings. The first kappa shape index (κ1) is 113. The van der Waals surface area contributed by atoms with Crippen LogP contribution in [0.1, 0.15) is 34.1 Å². The maximum absolute atomic E-state index is 5.13. The van der Waals surface area contributed by atoms with Crippen LogP contribution in [0.2, 0.25) is 0 Å². The number of methoxy groups -OCH3 is 1. The minimum absolute atomic E-state index is 0.730. The van der Waals surface area contributed by atoms with Crippen LogP contribution < -0.4 is 68.3 Å². The number of anilines is 8. The van der Waals surface area contributed by atoms with Gasteiger partial charge in [-0.3, -0.25) is 19.9 Å². The lowest BCUT2D eigenvalue weighted by atomic mass is 10.3. The summed E-state index contributed by atoms with van der Waals surface area (Å²) in [4.78, 5) is 42.8. The van der Waals surface area contributed by atoms with E-state index in [1.54, 1.807) is 75.1 Å². The summed E-state index contributed by atoms with van der Waals surface area (Å²) in [6.07, 6.45) is 18.7. The quantitative estimate of drug-likeness (QED) is 0.0286.